The fraction of sp³-hybridized carbons (Fsp3) is 0.167. The number of carbonyl (C=O) groups is 2. The van der Waals surface area contributed by atoms with Crippen LogP contribution in [0, 0.1) is 0 Å². The van der Waals surface area contributed by atoms with Crippen molar-refractivity contribution in [3.63, 3.8) is 0 Å². The van der Waals surface area contributed by atoms with Crippen molar-refractivity contribution < 1.29 is 29.6 Å². The van der Waals surface area contributed by atoms with Gasteiger partial charge < -0.3 is 15.1 Å². The minimum atomic E-state index is -0.915. The number of hydrogen-bond donors (Lipinski definition) is 2. The van der Waals surface area contributed by atoms with Gasteiger partial charge in [0.2, 0.25) is 0 Å². The van der Waals surface area contributed by atoms with E-state index < -0.39 is 11.9 Å². The van der Waals surface area contributed by atoms with Gasteiger partial charge in [-0.05, 0) is 81.4 Å². The van der Waals surface area contributed by atoms with Crippen LogP contribution in [0.15, 0.2) is 82.4 Å². The lowest BCUT2D eigenvalue weighted by atomic mass is 9.84. The first-order valence-corrected chi connectivity index (χ1v) is 14.4. The maximum atomic E-state index is 14.0. The van der Waals surface area contributed by atoms with Gasteiger partial charge in [0.25, 0.3) is 0 Å². The normalized spacial score (nSPS) is 11.9. The second kappa shape index (κ2) is 10.7. The summed E-state index contributed by atoms with van der Waals surface area (Å²) in [7, 11) is 0. The number of rotatable bonds is 10. The van der Waals surface area contributed by atoms with Crippen molar-refractivity contribution in [1.29, 1.82) is 0 Å². The van der Waals surface area contributed by atoms with Crippen LogP contribution in [0.2, 0.25) is 0 Å². The Morgan fingerprint density at radius 2 is 1.09 bits per heavy atom. The highest BCUT2D eigenvalue weighted by Gasteiger charge is 2.21. The molecule has 0 aromatic heterocycles. The van der Waals surface area contributed by atoms with Crippen molar-refractivity contribution >= 4 is 76.6 Å². The quantitative estimate of drug-likeness (QED) is 0.0590. The number of fused-ring (bicyclic) bond motifs is 6. The minimum absolute atomic E-state index is 0.0369. The Labute approximate surface area is 249 Å². The van der Waals surface area contributed by atoms with Gasteiger partial charge in [0.05, 0.1) is 6.61 Å². The molecule has 0 saturated carbocycles. The van der Waals surface area contributed by atoms with Gasteiger partial charge in [-0.25, -0.2) is 0 Å². The first-order chi connectivity index (χ1) is 21.3. The first kappa shape index (κ1) is 27.5. The summed E-state index contributed by atoms with van der Waals surface area (Å²) in [6.45, 7) is 0.0923. The molecule has 8 nitrogen and oxygen atoms in total. The molecular weight excluding hydrogens is 560 g/mol. The Kier molecular flexibility index (Phi) is 6.71. The fourth-order valence-corrected chi connectivity index (χ4v) is 6.53. The van der Waals surface area contributed by atoms with Crippen LogP contribution in [0.4, 0.5) is 0 Å². The summed E-state index contributed by atoms with van der Waals surface area (Å²) in [4.78, 5) is 60.3. The van der Waals surface area contributed by atoms with E-state index in [1.54, 1.807) is 12.1 Å². The summed E-state index contributed by atoms with van der Waals surface area (Å²) >= 11 is 0. The molecule has 0 atom stereocenters. The maximum Gasteiger partial charge on any atom is 0.303 e. The molecule has 0 aliphatic heterocycles. The fourth-order valence-electron chi connectivity index (χ4n) is 6.53. The molecule has 8 heteroatoms. The molecule has 0 amide bonds. The Balaban J connectivity index is 1.47. The smallest absolute Gasteiger partial charge is 0.303 e. The SMILES string of the molecule is O=C(O)CCCOOc1ccc2c(c1)c(=O)c1cccc3c1c2c1cccc2c(=O)c4cc(CCCC(=O)O)ccc4c3c21. The largest absolute Gasteiger partial charge is 0.481 e. The van der Waals surface area contributed by atoms with Gasteiger partial charge in [-0.2, -0.15) is 4.89 Å². The highest BCUT2D eigenvalue weighted by molar-refractivity contribution is 6.41. The molecule has 0 aliphatic rings. The predicted octanol–water partition coefficient (Wildman–Crippen LogP) is 6.78. The molecule has 0 spiro atoms. The molecule has 44 heavy (non-hydrogen) atoms. The van der Waals surface area contributed by atoms with E-state index >= 15 is 0 Å². The molecule has 0 aliphatic carbocycles. The maximum absolute atomic E-state index is 14.0. The van der Waals surface area contributed by atoms with Gasteiger partial charge in [0, 0.05) is 45.2 Å². The molecule has 0 heterocycles. The molecule has 0 saturated heterocycles. The Bertz CT molecular complexity index is 2400. The average molecular weight is 587 g/mol. The van der Waals surface area contributed by atoms with E-state index in [9.17, 15) is 19.2 Å². The second-order valence-corrected chi connectivity index (χ2v) is 11.1. The van der Waals surface area contributed by atoms with E-state index in [4.69, 9.17) is 20.0 Å². The standard InChI is InChI=1S/C36H26O8/c37-29(38)10-1-5-19-12-14-21-27(17-19)35(41)25-8-2-7-24-32-22-15-13-20(44-43-16-4-11-30(39)40)18-28(22)36(42)26-9-3-6-23(34(26)32)31(21)33(24)25/h2-3,6-9,12-15,17-18H,1,4-5,10-11,16H2,(H,37,38)(H,39,40). The number of benzene rings is 7. The molecule has 0 fully saturated rings. The van der Waals surface area contributed by atoms with E-state index in [0.29, 0.717) is 46.6 Å². The molecule has 0 radical (unpaired) electrons. The third kappa shape index (κ3) is 4.42. The first-order valence-electron chi connectivity index (χ1n) is 14.4. The third-order valence-electron chi connectivity index (χ3n) is 8.39. The van der Waals surface area contributed by atoms with Crippen LogP contribution in [0.3, 0.4) is 0 Å². The Hall–Kier alpha value is -5.34. The van der Waals surface area contributed by atoms with Crippen LogP contribution < -0.4 is 15.7 Å². The zero-order chi connectivity index (χ0) is 30.5. The summed E-state index contributed by atoms with van der Waals surface area (Å²) in [5, 5.41) is 26.8. The molecule has 2 N–H and O–H groups in total. The Morgan fingerprint density at radius 3 is 1.70 bits per heavy atom. The second-order valence-electron chi connectivity index (χ2n) is 11.1. The number of carboxylic acid groups (broad SMARTS) is 2. The van der Waals surface area contributed by atoms with Gasteiger partial charge in [0.15, 0.2) is 16.6 Å². The van der Waals surface area contributed by atoms with Gasteiger partial charge in [-0.15, -0.1) is 0 Å². The highest BCUT2D eigenvalue weighted by Crippen LogP contribution is 2.44. The van der Waals surface area contributed by atoms with E-state index in [1.807, 2.05) is 60.7 Å². The molecule has 7 rings (SSSR count). The number of aliphatic carboxylic acids is 2. The van der Waals surface area contributed by atoms with Crippen molar-refractivity contribution in [3.8, 4) is 5.75 Å². The average Bonchev–Trinajstić information content (AvgIpc) is 3.01. The molecule has 0 unspecified atom stereocenters. The van der Waals surface area contributed by atoms with Crippen LogP contribution >= 0.6 is 0 Å². The van der Waals surface area contributed by atoms with Gasteiger partial charge in [0.1, 0.15) is 0 Å². The Morgan fingerprint density at radius 1 is 0.568 bits per heavy atom. The lowest BCUT2D eigenvalue weighted by Crippen LogP contribution is -2.07. The number of carboxylic acids is 2. The highest BCUT2D eigenvalue weighted by atomic mass is 17.2. The van der Waals surface area contributed by atoms with Crippen LogP contribution in [-0.4, -0.2) is 28.8 Å². The topological polar surface area (TPSA) is 127 Å². The van der Waals surface area contributed by atoms with Gasteiger partial charge >= 0.3 is 11.9 Å². The summed E-state index contributed by atoms with van der Waals surface area (Å²) in [6.07, 6.45) is 1.35. The molecular formula is C36H26O8. The lowest BCUT2D eigenvalue weighted by molar-refractivity contribution is -0.207. The van der Waals surface area contributed by atoms with Crippen LogP contribution in [-0.2, 0) is 20.9 Å². The summed E-state index contributed by atoms with van der Waals surface area (Å²) < 4.78 is 0. The van der Waals surface area contributed by atoms with E-state index in [0.717, 1.165) is 48.7 Å². The van der Waals surface area contributed by atoms with Crippen LogP contribution in [0.1, 0.15) is 31.2 Å². The van der Waals surface area contributed by atoms with Crippen molar-refractivity contribution in [1.82, 2.24) is 0 Å². The van der Waals surface area contributed by atoms with E-state index in [2.05, 4.69) is 0 Å². The molecule has 0 bridgehead atoms. The van der Waals surface area contributed by atoms with Crippen LogP contribution in [0.25, 0.3) is 64.6 Å². The van der Waals surface area contributed by atoms with E-state index in [-0.39, 0.29) is 30.3 Å². The number of hydrogen-bond acceptors (Lipinski definition) is 6. The van der Waals surface area contributed by atoms with Crippen molar-refractivity contribution in [3.05, 3.63) is 98.8 Å². The number of aryl methyl sites for hydroxylation is 1. The van der Waals surface area contributed by atoms with Crippen molar-refractivity contribution in [2.45, 2.75) is 32.1 Å². The van der Waals surface area contributed by atoms with Crippen molar-refractivity contribution in [2.75, 3.05) is 6.61 Å². The van der Waals surface area contributed by atoms with Gasteiger partial charge in [-0.3, -0.25) is 19.2 Å². The molecule has 7 aromatic carbocycles. The zero-order valence-corrected chi connectivity index (χ0v) is 23.5. The zero-order valence-electron chi connectivity index (χ0n) is 23.5. The van der Waals surface area contributed by atoms with Crippen molar-refractivity contribution in [2.24, 2.45) is 0 Å². The molecule has 218 valence electrons. The minimum Gasteiger partial charge on any atom is -0.481 e. The predicted molar refractivity (Wildman–Crippen MR) is 170 cm³/mol. The lowest BCUT2D eigenvalue weighted by Gasteiger charge is -2.18. The molecule has 7 aromatic rings. The third-order valence-corrected chi connectivity index (χ3v) is 8.39. The summed E-state index contributed by atoms with van der Waals surface area (Å²) in [6, 6.07) is 22.3. The monoisotopic (exact) mass is 586 g/mol. The van der Waals surface area contributed by atoms with E-state index in [1.165, 1.54) is 0 Å². The summed E-state index contributed by atoms with van der Waals surface area (Å²) in [5.41, 5.74) is 0.666. The summed E-state index contributed by atoms with van der Waals surface area (Å²) in [5.74, 6) is -1.43. The van der Waals surface area contributed by atoms with Gasteiger partial charge in [-0.1, -0.05) is 48.5 Å². The van der Waals surface area contributed by atoms with Crippen LogP contribution in [0.5, 0.6) is 5.75 Å².